The maximum Gasteiger partial charge on any atom is 0.251 e. The average Bonchev–Trinajstić information content (AvgIpc) is 2.16. The number of nitrogens with one attached hydrogen (secondary N) is 1. The molecule has 2 nitrogen and oxygen atoms in total. The van der Waals surface area contributed by atoms with Gasteiger partial charge in [0, 0.05) is 12.6 Å². The summed E-state index contributed by atoms with van der Waals surface area (Å²) in [5, 5.41) is 2.64. The lowest BCUT2D eigenvalue weighted by Crippen LogP contribution is -2.19. The van der Waals surface area contributed by atoms with E-state index in [1.807, 2.05) is 24.3 Å². The fraction of sp³-hybridized carbons (Fsp3) is 0.364. The Balaban J connectivity index is 3.12. The lowest BCUT2D eigenvalue weighted by atomic mass is 9.97. The van der Waals surface area contributed by atoms with Crippen LogP contribution in [-0.4, -0.2) is 13.0 Å². The maximum absolute atomic E-state index is 11.4. The Morgan fingerprint density at radius 2 is 1.92 bits per heavy atom. The number of rotatable bonds is 2. The molecule has 0 aromatic heterocycles. The number of carbonyl (C=O) groups is 1. The van der Waals surface area contributed by atoms with Gasteiger partial charge in [0.15, 0.2) is 0 Å². The van der Waals surface area contributed by atoms with Gasteiger partial charge < -0.3 is 5.32 Å². The monoisotopic (exact) mass is 177 g/mol. The van der Waals surface area contributed by atoms with Gasteiger partial charge in [0.25, 0.3) is 5.91 Å². The Kier molecular flexibility index (Phi) is 3.07. The van der Waals surface area contributed by atoms with Gasteiger partial charge in [-0.15, -0.1) is 0 Å². The minimum atomic E-state index is -0.00991. The van der Waals surface area contributed by atoms with Crippen LogP contribution in [0, 0.1) is 0 Å². The SMILES string of the molecule is CNC(=O)c1ccccc1C(C)C. The molecule has 0 spiro atoms. The number of benzene rings is 1. The van der Waals surface area contributed by atoms with E-state index in [2.05, 4.69) is 19.2 Å². The summed E-state index contributed by atoms with van der Waals surface area (Å²) in [5.74, 6) is 0.373. The molecule has 0 saturated heterocycles. The largest absolute Gasteiger partial charge is 0.355 e. The molecular formula is C11H15NO. The molecule has 1 aromatic rings. The highest BCUT2D eigenvalue weighted by molar-refractivity contribution is 5.95. The number of hydrogen-bond donors (Lipinski definition) is 1. The van der Waals surface area contributed by atoms with E-state index < -0.39 is 0 Å². The van der Waals surface area contributed by atoms with Gasteiger partial charge in [0.05, 0.1) is 0 Å². The summed E-state index contributed by atoms with van der Waals surface area (Å²) in [6, 6.07) is 7.70. The second kappa shape index (κ2) is 4.08. The molecule has 0 atom stereocenters. The van der Waals surface area contributed by atoms with Gasteiger partial charge in [-0.25, -0.2) is 0 Å². The molecular weight excluding hydrogens is 162 g/mol. The first-order chi connectivity index (χ1) is 6.16. The van der Waals surface area contributed by atoms with Crippen molar-refractivity contribution in [3.63, 3.8) is 0 Å². The molecule has 0 aliphatic carbocycles. The third kappa shape index (κ3) is 2.08. The predicted molar refractivity (Wildman–Crippen MR) is 53.9 cm³/mol. The molecule has 70 valence electrons. The molecule has 0 saturated carbocycles. The minimum Gasteiger partial charge on any atom is -0.355 e. The predicted octanol–water partition coefficient (Wildman–Crippen LogP) is 2.17. The van der Waals surface area contributed by atoms with Crippen LogP contribution < -0.4 is 5.32 Å². The van der Waals surface area contributed by atoms with Crippen LogP contribution in [-0.2, 0) is 0 Å². The van der Waals surface area contributed by atoms with Gasteiger partial charge >= 0.3 is 0 Å². The van der Waals surface area contributed by atoms with E-state index in [0.29, 0.717) is 5.92 Å². The van der Waals surface area contributed by atoms with Crippen molar-refractivity contribution >= 4 is 5.91 Å². The second-order valence-corrected chi connectivity index (χ2v) is 3.32. The van der Waals surface area contributed by atoms with Crippen LogP contribution in [0.3, 0.4) is 0 Å². The first-order valence-electron chi connectivity index (χ1n) is 4.47. The van der Waals surface area contributed by atoms with E-state index in [4.69, 9.17) is 0 Å². The fourth-order valence-corrected chi connectivity index (χ4v) is 1.34. The highest BCUT2D eigenvalue weighted by atomic mass is 16.1. The van der Waals surface area contributed by atoms with Crippen LogP contribution in [0.5, 0.6) is 0 Å². The standard InChI is InChI=1S/C11H15NO/c1-8(2)9-6-4-5-7-10(9)11(13)12-3/h4-8H,1-3H3,(H,12,13). The van der Waals surface area contributed by atoms with E-state index in [0.717, 1.165) is 11.1 Å². The van der Waals surface area contributed by atoms with E-state index in [1.165, 1.54) is 0 Å². The van der Waals surface area contributed by atoms with Crippen LogP contribution in [0.15, 0.2) is 24.3 Å². The first-order valence-corrected chi connectivity index (χ1v) is 4.47. The minimum absolute atomic E-state index is 0.00991. The van der Waals surface area contributed by atoms with Crippen molar-refractivity contribution in [2.75, 3.05) is 7.05 Å². The van der Waals surface area contributed by atoms with Crippen molar-refractivity contribution in [1.82, 2.24) is 5.32 Å². The molecule has 13 heavy (non-hydrogen) atoms. The summed E-state index contributed by atoms with van der Waals surface area (Å²) in [7, 11) is 1.65. The Morgan fingerprint density at radius 3 is 2.46 bits per heavy atom. The highest BCUT2D eigenvalue weighted by Crippen LogP contribution is 2.18. The highest BCUT2D eigenvalue weighted by Gasteiger charge is 2.10. The molecule has 1 amide bonds. The van der Waals surface area contributed by atoms with Crippen molar-refractivity contribution in [3.05, 3.63) is 35.4 Å². The number of amides is 1. The molecule has 0 unspecified atom stereocenters. The Bertz CT molecular complexity index is 305. The molecule has 0 aliphatic heterocycles. The zero-order valence-corrected chi connectivity index (χ0v) is 8.29. The third-order valence-electron chi connectivity index (χ3n) is 2.05. The molecule has 0 heterocycles. The molecule has 1 N–H and O–H groups in total. The molecule has 2 heteroatoms. The van der Waals surface area contributed by atoms with E-state index in [-0.39, 0.29) is 5.91 Å². The number of hydrogen-bond acceptors (Lipinski definition) is 1. The summed E-state index contributed by atoms with van der Waals surface area (Å²) >= 11 is 0. The van der Waals surface area contributed by atoms with Gasteiger partial charge in [-0.2, -0.15) is 0 Å². The quantitative estimate of drug-likeness (QED) is 0.737. The topological polar surface area (TPSA) is 29.1 Å². The van der Waals surface area contributed by atoms with Crippen LogP contribution in [0.4, 0.5) is 0 Å². The Hall–Kier alpha value is -1.31. The van der Waals surface area contributed by atoms with Gasteiger partial charge in [0.1, 0.15) is 0 Å². The van der Waals surface area contributed by atoms with Gasteiger partial charge in [-0.1, -0.05) is 32.0 Å². The average molecular weight is 177 g/mol. The van der Waals surface area contributed by atoms with E-state index >= 15 is 0 Å². The Labute approximate surface area is 79.0 Å². The summed E-state index contributed by atoms with van der Waals surface area (Å²) in [6.07, 6.45) is 0. The van der Waals surface area contributed by atoms with Crippen molar-refractivity contribution in [1.29, 1.82) is 0 Å². The lowest BCUT2D eigenvalue weighted by Gasteiger charge is -2.10. The van der Waals surface area contributed by atoms with Crippen LogP contribution in [0.2, 0.25) is 0 Å². The van der Waals surface area contributed by atoms with E-state index in [9.17, 15) is 4.79 Å². The zero-order chi connectivity index (χ0) is 9.84. The van der Waals surface area contributed by atoms with Gasteiger partial charge in [-0.05, 0) is 17.5 Å². The van der Waals surface area contributed by atoms with Crippen molar-refractivity contribution < 1.29 is 4.79 Å². The summed E-state index contributed by atoms with van der Waals surface area (Å²) in [5.41, 5.74) is 1.88. The first kappa shape index (κ1) is 9.78. The van der Waals surface area contributed by atoms with Gasteiger partial charge in [-0.3, -0.25) is 4.79 Å². The summed E-state index contributed by atoms with van der Waals surface area (Å²) in [6.45, 7) is 4.17. The van der Waals surface area contributed by atoms with Crippen LogP contribution in [0.1, 0.15) is 35.7 Å². The molecule has 0 aliphatic rings. The lowest BCUT2D eigenvalue weighted by molar-refractivity contribution is 0.0962. The summed E-state index contributed by atoms with van der Waals surface area (Å²) in [4.78, 5) is 11.4. The molecule has 0 fully saturated rings. The van der Waals surface area contributed by atoms with Gasteiger partial charge in [0.2, 0.25) is 0 Å². The van der Waals surface area contributed by atoms with Crippen molar-refractivity contribution in [3.8, 4) is 0 Å². The molecule has 0 radical (unpaired) electrons. The zero-order valence-electron chi connectivity index (χ0n) is 8.29. The molecule has 0 bridgehead atoms. The smallest absolute Gasteiger partial charge is 0.251 e. The van der Waals surface area contributed by atoms with Crippen LogP contribution in [0.25, 0.3) is 0 Å². The third-order valence-corrected chi connectivity index (χ3v) is 2.05. The molecule has 1 aromatic carbocycles. The normalized spacial score (nSPS) is 10.2. The Morgan fingerprint density at radius 1 is 1.31 bits per heavy atom. The summed E-state index contributed by atoms with van der Waals surface area (Å²) < 4.78 is 0. The van der Waals surface area contributed by atoms with Crippen molar-refractivity contribution in [2.45, 2.75) is 19.8 Å². The van der Waals surface area contributed by atoms with Crippen molar-refractivity contribution in [2.24, 2.45) is 0 Å². The second-order valence-electron chi connectivity index (χ2n) is 3.32. The fourth-order valence-electron chi connectivity index (χ4n) is 1.34. The maximum atomic E-state index is 11.4. The number of carbonyl (C=O) groups excluding carboxylic acids is 1. The molecule has 1 rings (SSSR count). The van der Waals surface area contributed by atoms with E-state index in [1.54, 1.807) is 7.05 Å². The van der Waals surface area contributed by atoms with Crippen LogP contribution >= 0.6 is 0 Å².